The van der Waals surface area contributed by atoms with Crippen molar-refractivity contribution in [2.24, 2.45) is 0 Å². The lowest BCUT2D eigenvalue weighted by molar-refractivity contribution is -0.140. The van der Waals surface area contributed by atoms with Crippen LogP contribution in [0.15, 0.2) is 24.3 Å². The largest absolute Gasteiger partial charge is 0.497 e. The van der Waals surface area contributed by atoms with E-state index in [0.29, 0.717) is 19.5 Å². The second kappa shape index (κ2) is 10.5. The molecule has 0 aromatic heterocycles. The fraction of sp³-hybridized carbons (Fsp3) is 0.600. The molecule has 2 aliphatic heterocycles. The van der Waals surface area contributed by atoms with E-state index < -0.39 is 0 Å². The van der Waals surface area contributed by atoms with Crippen LogP contribution in [0, 0.1) is 0 Å². The molecule has 1 atom stereocenters. The van der Waals surface area contributed by atoms with E-state index in [1.165, 1.54) is 5.56 Å². The van der Waals surface area contributed by atoms with Crippen LogP contribution in [0.2, 0.25) is 0 Å². The maximum atomic E-state index is 12.6. The van der Waals surface area contributed by atoms with Crippen LogP contribution in [0.25, 0.3) is 0 Å². The van der Waals surface area contributed by atoms with Gasteiger partial charge in [0.15, 0.2) is 0 Å². The number of piperazine rings is 1. The van der Waals surface area contributed by atoms with Gasteiger partial charge in [0.05, 0.1) is 13.7 Å². The molecule has 0 bridgehead atoms. The molecule has 0 radical (unpaired) electrons. The van der Waals surface area contributed by atoms with Crippen LogP contribution in [0.5, 0.6) is 5.75 Å². The summed E-state index contributed by atoms with van der Waals surface area (Å²) in [6.07, 6.45) is 4.28. The van der Waals surface area contributed by atoms with Crippen LogP contribution in [0.4, 0.5) is 0 Å². The van der Waals surface area contributed by atoms with Crippen molar-refractivity contribution in [1.29, 1.82) is 0 Å². The Bertz CT molecular complexity index is 623. The highest BCUT2D eigenvalue weighted by molar-refractivity contribution is 5.85. The van der Waals surface area contributed by atoms with Crippen LogP contribution in [0.1, 0.15) is 31.2 Å². The van der Waals surface area contributed by atoms with E-state index in [1.54, 1.807) is 7.11 Å². The fourth-order valence-electron chi connectivity index (χ4n) is 3.84. The number of carbonyl (C=O) groups is 2. The van der Waals surface area contributed by atoms with Crippen molar-refractivity contribution in [3.05, 3.63) is 29.8 Å². The molecule has 27 heavy (non-hydrogen) atoms. The zero-order chi connectivity index (χ0) is 18.4. The molecule has 1 aromatic rings. The number of amides is 2. The van der Waals surface area contributed by atoms with Crippen LogP contribution < -0.4 is 10.1 Å². The first-order chi connectivity index (χ1) is 12.7. The third-order valence-corrected chi connectivity index (χ3v) is 5.33. The number of piperidine rings is 1. The third-order valence-electron chi connectivity index (χ3n) is 5.33. The number of methoxy groups -OCH3 is 1. The number of nitrogens with one attached hydrogen (secondary N) is 1. The molecule has 150 valence electrons. The lowest BCUT2D eigenvalue weighted by atomic mass is 10.0. The van der Waals surface area contributed by atoms with Crippen LogP contribution in [-0.4, -0.2) is 67.5 Å². The van der Waals surface area contributed by atoms with Gasteiger partial charge in [-0.15, -0.1) is 12.4 Å². The summed E-state index contributed by atoms with van der Waals surface area (Å²) in [5.41, 5.74) is 1.22. The Labute approximate surface area is 167 Å². The second-order valence-corrected chi connectivity index (χ2v) is 7.10. The Balaban J connectivity index is 0.00000261. The van der Waals surface area contributed by atoms with E-state index in [9.17, 15) is 9.59 Å². The van der Waals surface area contributed by atoms with Gasteiger partial charge in [0.25, 0.3) is 0 Å². The predicted octanol–water partition coefficient (Wildman–Crippen LogP) is 1.86. The lowest BCUT2D eigenvalue weighted by Gasteiger charge is -2.41. The predicted molar refractivity (Wildman–Crippen MR) is 107 cm³/mol. The first-order valence-electron chi connectivity index (χ1n) is 9.58. The van der Waals surface area contributed by atoms with Gasteiger partial charge in [-0.1, -0.05) is 12.1 Å². The zero-order valence-electron chi connectivity index (χ0n) is 16.0. The third kappa shape index (κ3) is 5.84. The molecule has 2 saturated heterocycles. The standard InChI is InChI=1S/C20H29N3O3.ClH/c1-26-18-9-7-16(8-10-18)4-2-6-19(24)22-12-3-5-17(15-22)23-13-11-21-14-20(23)25;/h7-10,17,21H,2-6,11-15H2,1H3;1H. The average Bonchev–Trinajstić information content (AvgIpc) is 2.69. The summed E-state index contributed by atoms with van der Waals surface area (Å²) in [6, 6.07) is 8.20. The van der Waals surface area contributed by atoms with Crippen LogP contribution in [0.3, 0.4) is 0 Å². The van der Waals surface area contributed by atoms with E-state index in [1.807, 2.05) is 21.9 Å². The van der Waals surface area contributed by atoms with Gasteiger partial charge < -0.3 is 19.9 Å². The lowest BCUT2D eigenvalue weighted by Crippen LogP contribution is -2.57. The maximum Gasteiger partial charge on any atom is 0.236 e. The minimum Gasteiger partial charge on any atom is -0.497 e. The number of hydrogen-bond donors (Lipinski definition) is 1. The molecular weight excluding hydrogens is 366 g/mol. The molecule has 6 nitrogen and oxygen atoms in total. The van der Waals surface area contributed by atoms with Gasteiger partial charge >= 0.3 is 0 Å². The summed E-state index contributed by atoms with van der Waals surface area (Å²) < 4.78 is 5.17. The molecule has 1 unspecified atom stereocenters. The summed E-state index contributed by atoms with van der Waals surface area (Å²) in [5.74, 6) is 1.23. The smallest absolute Gasteiger partial charge is 0.236 e. The molecule has 7 heteroatoms. The van der Waals surface area contributed by atoms with Gasteiger partial charge in [0, 0.05) is 38.6 Å². The van der Waals surface area contributed by atoms with Crippen molar-refractivity contribution >= 4 is 24.2 Å². The molecule has 1 aromatic carbocycles. The highest BCUT2D eigenvalue weighted by Gasteiger charge is 2.31. The van der Waals surface area contributed by atoms with Crippen LogP contribution in [-0.2, 0) is 16.0 Å². The highest BCUT2D eigenvalue weighted by atomic mass is 35.5. The van der Waals surface area contributed by atoms with Crippen molar-refractivity contribution in [2.45, 2.75) is 38.1 Å². The number of rotatable bonds is 6. The van der Waals surface area contributed by atoms with Crippen LogP contribution >= 0.6 is 12.4 Å². The summed E-state index contributed by atoms with van der Waals surface area (Å²) in [7, 11) is 1.66. The van der Waals surface area contributed by atoms with Gasteiger partial charge in [-0.2, -0.15) is 0 Å². The molecule has 0 spiro atoms. The van der Waals surface area contributed by atoms with Crippen molar-refractivity contribution in [3.8, 4) is 5.75 Å². The summed E-state index contributed by atoms with van der Waals surface area (Å²) in [4.78, 5) is 28.6. The summed E-state index contributed by atoms with van der Waals surface area (Å²) in [6.45, 7) is 3.53. The Morgan fingerprint density at radius 3 is 2.74 bits per heavy atom. The molecule has 2 fully saturated rings. The topological polar surface area (TPSA) is 61.9 Å². The van der Waals surface area contributed by atoms with Gasteiger partial charge in [-0.3, -0.25) is 9.59 Å². The fourth-order valence-corrected chi connectivity index (χ4v) is 3.84. The van der Waals surface area contributed by atoms with Crippen molar-refractivity contribution < 1.29 is 14.3 Å². The monoisotopic (exact) mass is 395 g/mol. The minimum absolute atomic E-state index is 0. The quantitative estimate of drug-likeness (QED) is 0.798. The van der Waals surface area contributed by atoms with Crippen molar-refractivity contribution in [2.75, 3.05) is 39.8 Å². The van der Waals surface area contributed by atoms with E-state index in [-0.39, 0.29) is 30.3 Å². The average molecular weight is 396 g/mol. The minimum atomic E-state index is 0. The number of benzene rings is 1. The number of aryl methyl sites for hydroxylation is 1. The molecule has 0 aliphatic carbocycles. The molecule has 2 amide bonds. The van der Waals surface area contributed by atoms with E-state index in [2.05, 4.69) is 17.4 Å². The number of ether oxygens (including phenoxy) is 1. The molecule has 0 saturated carbocycles. The number of carbonyl (C=O) groups excluding carboxylic acids is 2. The van der Waals surface area contributed by atoms with E-state index in [4.69, 9.17) is 4.74 Å². The number of nitrogens with zero attached hydrogens (tertiary/aromatic N) is 2. The Morgan fingerprint density at radius 2 is 2.04 bits per heavy atom. The normalized spacial score (nSPS) is 20.2. The Kier molecular flexibility index (Phi) is 8.38. The van der Waals surface area contributed by atoms with Gasteiger partial charge in [0.2, 0.25) is 11.8 Å². The highest BCUT2D eigenvalue weighted by Crippen LogP contribution is 2.19. The first-order valence-corrected chi connectivity index (χ1v) is 9.58. The SMILES string of the molecule is COc1ccc(CCCC(=O)N2CCCC(N3CCNCC3=O)C2)cc1.Cl. The molecular formula is C20H30ClN3O3. The zero-order valence-corrected chi connectivity index (χ0v) is 16.8. The van der Waals surface area contributed by atoms with Crippen molar-refractivity contribution in [1.82, 2.24) is 15.1 Å². The molecule has 2 heterocycles. The summed E-state index contributed by atoms with van der Waals surface area (Å²) in [5, 5.41) is 3.11. The number of halogens is 1. The van der Waals surface area contributed by atoms with E-state index in [0.717, 1.165) is 51.1 Å². The second-order valence-electron chi connectivity index (χ2n) is 7.10. The number of hydrogen-bond acceptors (Lipinski definition) is 4. The molecule has 3 rings (SSSR count). The van der Waals surface area contributed by atoms with Gasteiger partial charge in [0.1, 0.15) is 5.75 Å². The Morgan fingerprint density at radius 1 is 1.26 bits per heavy atom. The van der Waals surface area contributed by atoms with Gasteiger partial charge in [-0.25, -0.2) is 0 Å². The summed E-state index contributed by atoms with van der Waals surface area (Å²) >= 11 is 0. The number of likely N-dealkylation sites (tertiary alicyclic amines) is 1. The Hall–Kier alpha value is -1.79. The van der Waals surface area contributed by atoms with Crippen molar-refractivity contribution in [3.63, 3.8) is 0 Å². The molecule has 2 aliphatic rings. The first kappa shape index (κ1) is 21.5. The maximum absolute atomic E-state index is 12.6. The molecule has 1 N–H and O–H groups in total. The van der Waals surface area contributed by atoms with E-state index >= 15 is 0 Å². The van der Waals surface area contributed by atoms with Gasteiger partial charge in [-0.05, 0) is 43.4 Å².